The van der Waals surface area contributed by atoms with Crippen LogP contribution in [0.4, 0.5) is 0 Å². The number of methoxy groups -OCH3 is 1. The van der Waals surface area contributed by atoms with Crippen molar-refractivity contribution in [3.63, 3.8) is 0 Å². The van der Waals surface area contributed by atoms with Crippen LogP contribution in [0, 0.1) is 0 Å². The summed E-state index contributed by atoms with van der Waals surface area (Å²) in [4.78, 5) is 18.0. The number of piperazine rings is 1. The van der Waals surface area contributed by atoms with Gasteiger partial charge < -0.3 is 19.7 Å². The first-order valence-corrected chi connectivity index (χ1v) is 12.2. The molecule has 1 amide bonds. The lowest BCUT2D eigenvalue weighted by atomic mass is 10.0. The van der Waals surface area contributed by atoms with Crippen molar-refractivity contribution < 1.29 is 14.3 Å². The Labute approximate surface area is 212 Å². The van der Waals surface area contributed by atoms with Gasteiger partial charge in [0, 0.05) is 43.3 Å². The Morgan fingerprint density at radius 3 is 2.37 bits per heavy atom. The molecule has 35 heavy (non-hydrogen) atoms. The minimum absolute atomic E-state index is 0.112. The molecule has 1 aliphatic heterocycles. The van der Waals surface area contributed by atoms with E-state index < -0.39 is 0 Å². The van der Waals surface area contributed by atoms with Crippen molar-refractivity contribution in [3.05, 3.63) is 94.5 Å². The highest BCUT2D eigenvalue weighted by atomic mass is 35.5. The zero-order valence-electron chi connectivity index (χ0n) is 20.2. The van der Waals surface area contributed by atoms with E-state index in [1.54, 1.807) is 25.3 Å². The van der Waals surface area contributed by atoms with Crippen LogP contribution < -0.4 is 14.8 Å². The maximum Gasteiger partial charge on any atom is 0.251 e. The van der Waals surface area contributed by atoms with Crippen molar-refractivity contribution in [2.45, 2.75) is 12.6 Å². The highest BCUT2D eigenvalue weighted by molar-refractivity contribution is 6.30. The second-order valence-corrected chi connectivity index (χ2v) is 9.26. The zero-order valence-corrected chi connectivity index (χ0v) is 21.0. The highest BCUT2D eigenvalue weighted by Crippen LogP contribution is 2.29. The van der Waals surface area contributed by atoms with Crippen LogP contribution in [-0.2, 0) is 6.61 Å². The zero-order chi connectivity index (χ0) is 24.6. The van der Waals surface area contributed by atoms with Crippen LogP contribution in [0.15, 0.2) is 72.8 Å². The molecule has 0 radical (unpaired) electrons. The average molecular weight is 494 g/mol. The molecular weight excluding hydrogens is 462 g/mol. The van der Waals surface area contributed by atoms with Gasteiger partial charge in [0.1, 0.15) is 6.61 Å². The van der Waals surface area contributed by atoms with E-state index in [4.69, 9.17) is 21.1 Å². The Bertz CT molecular complexity index is 1100. The molecule has 1 heterocycles. The van der Waals surface area contributed by atoms with Gasteiger partial charge in [0.2, 0.25) is 0 Å². The van der Waals surface area contributed by atoms with Crippen molar-refractivity contribution in [1.29, 1.82) is 0 Å². The van der Waals surface area contributed by atoms with E-state index in [9.17, 15) is 4.79 Å². The van der Waals surface area contributed by atoms with E-state index in [-0.39, 0.29) is 11.9 Å². The SMILES string of the molecule is COc1cc(C(=O)NC(CN2CCN(C)CC2)c2ccccc2)ccc1OCc1ccc(Cl)cc1. The maximum absolute atomic E-state index is 13.3. The number of rotatable bonds is 9. The first-order chi connectivity index (χ1) is 17.0. The Balaban J connectivity index is 1.45. The van der Waals surface area contributed by atoms with Crippen LogP contribution in [0.3, 0.4) is 0 Å². The second-order valence-electron chi connectivity index (χ2n) is 8.82. The summed E-state index contributed by atoms with van der Waals surface area (Å²) in [6, 6.07) is 22.8. The summed E-state index contributed by atoms with van der Waals surface area (Å²) in [5.74, 6) is 0.952. The summed E-state index contributed by atoms with van der Waals surface area (Å²) in [5.41, 5.74) is 2.61. The lowest BCUT2D eigenvalue weighted by Gasteiger charge is -2.35. The van der Waals surface area contributed by atoms with Crippen molar-refractivity contribution in [3.8, 4) is 11.5 Å². The first kappa shape index (κ1) is 25.0. The van der Waals surface area contributed by atoms with Crippen LogP contribution in [-0.4, -0.2) is 62.6 Å². The summed E-state index contributed by atoms with van der Waals surface area (Å²) in [7, 11) is 3.72. The smallest absolute Gasteiger partial charge is 0.251 e. The van der Waals surface area contributed by atoms with Crippen LogP contribution in [0.25, 0.3) is 0 Å². The van der Waals surface area contributed by atoms with Gasteiger partial charge in [-0.15, -0.1) is 0 Å². The van der Waals surface area contributed by atoms with Gasteiger partial charge >= 0.3 is 0 Å². The molecule has 0 aliphatic carbocycles. The minimum Gasteiger partial charge on any atom is -0.493 e. The lowest BCUT2D eigenvalue weighted by Crippen LogP contribution is -2.47. The summed E-state index contributed by atoms with van der Waals surface area (Å²) < 4.78 is 11.5. The van der Waals surface area contributed by atoms with Gasteiger partial charge in [-0.2, -0.15) is 0 Å². The molecule has 0 saturated carbocycles. The number of hydrogen-bond donors (Lipinski definition) is 1. The molecule has 1 atom stereocenters. The van der Waals surface area contributed by atoms with Crippen molar-refractivity contribution >= 4 is 17.5 Å². The molecule has 1 unspecified atom stereocenters. The number of carbonyl (C=O) groups excluding carboxylic acids is 1. The molecule has 0 bridgehead atoms. The number of benzene rings is 3. The molecule has 7 heteroatoms. The van der Waals surface area contributed by atoms with Crippen LogP contribution >= 0.6 is 11.6 Å². The van der Waals surface area contributed by atoms with Crippen molar-refractivity contribution in [2.24, 2.45) is 0 Å². The van der Waals surface area contributed by atoms with E-state index in [0.29, 0.717) is 28.7 Å². The molecule has 184 valence electrons. The van der Waals surface area contributed by atoms with Crippen LogP contribution in [0.2, 0.25) is 5.02 Å². The van der Waals surface area contributed by atoms with E-state index in [2.05, 4.69) is 34.3 Å². The van der Waals surface area contributed by atoms with Gasteiger partial charge in [0.25, 0.3) is 5.91 Å². The molecule has 4 rings (SSSR count). The Kier molecular flexibility index (Phi) is 8.64. The summed E-state index contributed by atoms with van der Waals surface area (Å²) in [5, 5.41) is 3.92. The lowest BCUT2D eigenvalue weighted by molar-refractivity contribution is 0.0907. The Hall–Kier alpha value is -3.06. The van der Waals surface area contributed by atoms with E-state index in [1.165, 1.54) is 0 Å². The number of likely N-dealkylation sites (N-methyl/N-ethyl adjacent to an activating group) is 1. The van der Waals surface area contributed by atoms with Gasteiger partial charge in [-0.25, -0.2) is 0 Å². The number of amides is 1. The fraction of sp³-hybridized carbons (Fsp3) is 0.321. The van der Waals surface area contributed by atoms with Crippen LogP contribution in [0.5, 0.6) is 11.5 Å². The highest BCUT2D eigenvalue weighted by Gasteiger charge is 2.22. The van der Waals surface area contributed by atoms with E-state index in [0.717, 1.165) is 43.9 Å². The van der Waals surface area contributed by atoms with Gasteiger partial charge in [0.05, 0.1) is 13.2 Å². The number of hydrogen-bond acceptors (Lipinski definition) is 5. The van der Waals surface area contributed by atoms with E-state index >= 15 is 0 Å². The largest absolute Gasteiger partial charge is 0.493 e. The van der Waals surface area contributed by atoms with Gasteiger partial charge in [-0.1, -0.05) is 54.1 Å². The van der Waals surface area contributed by atoms with Crippen LogP contribution in [0.1, 0.15) is 27.5 Å². The molecule has 1 N–H and O–H groups in total. The third-order valence-electron chi connectivity index (χ3n) is 6.28. The van der Waals surface area contributed by atoms with Crippen molar-refractivity contribution in [1.82, 2.24) is 15.1 Å². The molecule has 1 fully saturated rings. The third kappa shape index (κ3) is 6.98. The maximum atomic E-state index is 13.3. The molecular formula is C28H32ClN3O3. The normalized spacial score (nSPS) is 15.4. The second kappa shape index (κ2) is 12.1. The van der Waals surface area contributed by atoms with Crippen molar-refractivity contribution in [2.75, 3.05) is 46.9 Å². The first-order valence-electron chi connectivity index (χ1n) is 11.8. The molecule has 3 aromatic rings. The average Bonchev–Trinajstić information content (AvgIpc) is 2.89. The molecule has 1 aliphatic rings. The minimum atomic E-state index is -0.143. The summed E-state index contributed by atoms with van der Waals surface area (Å²) in [6.07, 6.45) is 0. The monoisotopic (exact) mass is 493 g/mol. The Morgan fingerprint density at radius 1 is 0.971 bits per heavy atom. The van der Waals surface area contributed by atoms with E-state index in [1.807, 2.05) is 42.5 Å². The molecule has 0 aromatic heterocycles. The standard InChI is InChI=1S/C28H32ClN3O3/c1-31-14-16-32(17-15-31)19-25(22-6-4-3-5-7-22)30-28(33)23-10-13-26(27(18-23)34-2)35-20-21-8-11-24(29)12-9-21/h3-13,18,25H,14-17,19-20H2,1-2H3,(H,30,33). The fourth-order valence-corrected chi connectivity index (χ4v) is 4.25. The van der Waals surface area contributed by atoms with Gasteiger partial charge in [-0.3, -0.25) is 9.69 Å². The number of ether oxygens (including phenoxy) is 2. The summed E-state index contributed by atoms with van der Waals surface area (Å²) in [6.45, 7) is 5.18. The quantitative estimate of drug-likeness (QED) is 0.470. The molecule has 6 nitrogen and oxygen atoms in total. The van der Waals surface area contributed by atoms with Gasteiger partial charge in [0.15, 0.2) is 11.5 Å². The van der Waals surface area contributed by atoms with Gasteiger partial charge in [-0.05, 0) is 48.5 Å². The fourth-order valence-electron chi connectivity index (χ4n) is 4.12. The molecule has 3 aromatic carbocycles. The number of halogens is 1. The molecule has 0 spiro atoms. The predicted octanol–water partition coefficient (Wildman–Crippen LogP) is 4.65. The molecule has 1 saturated heterocycles. The number of nitrogens with zero attached hydrogens (tertiary/aromatic N) is 2. The number of nitrogens with one attached hydrogen (secondary N) is 1. The number of carbonyl (C=O) groups is 1. The predicted molar refractivity (Wildman–Crippen MR) is 139 cm³/mol. The Morgan fingerprint density at radius 2 is 1.69 bits per heavy atom. The summed E-state index contributed by atoms with van der Waals surface area (Å²) >= 11 is 5.96. The third-order valence-corrected chi connectivity index (χ3v) is 6.53. The topological polar surface area (TPSA) is 54.0 Å².